The van der Waals surface area contributed by atoms with E-state index in [1.165, 1.54) is 0 Å². The molecule has 0 radical (unpaired) electrons. The fourth-order valence-electron chi connectivity index (χ4n) is 3.09. The molecule has 0 spiro atoms. The molecule has 9 heteroatoms. The van der Waals surface area contributed by atoms with E-state index in [-0.39, 0.29) is 10.1 Å². The highest BCUT2D eigenvalue weighted by Gasteiger charge is 2.42. The summed E-state index contributed by atoms with van der Waals surface area (Å²) in [6.45, 7) is 22.6. The Balaban J connectivity index is 1.81. The van der Waals surface area contributed by atoms with E-state index in [2.05, 4.69) is 101 Å². The minimum Gasteiger partial charge on any atom is -0.541 e. The van der Waals surface area contributed by atoms with Crippen LogP contribution in [-0.2, 0) is 0 Å². The van der Waals surface area contributed by atoms with E-state index in [1.807, 2.05) is 12.1 Å². The number of thiazole rings is 1. The quantitative estimate of drug-likeness (QED) is 0.274. The van der Waals surface area contributed by atoms with Crippen LogP contribution >= 0.6 is 11.3 Å². The third kappa shape index (κ3) is 4.53. The van der Waals surface area contributed by atoms with Crippen molar-refractivity contribution in [1.29, 1.82) is 0 Å². The van der Waals surface area contributed by atoms with Crippen LogP contribution in [0.25, 0.3) is 31.8 Å². The molecule has 0 saturated carbocycles. The molecular weight excluding hydrogens is 477 g/mol. The van der Waals surface area contributed by atoms with Crippen LogP contribution < -0.4 is 8.85 Å². The standard InChI is InChI=1S/C25H36N4O2SSi2/c1-24(2,3)33(7,8)30-19-14-11-16(15-20(19)31-34(9,10)25(4,5)6)23-26-18-13-12-17-21(22(18)32-23)28-29-27-17/h11-15H,1-10H3,(H,27,28,29). The van der Waals surface area contributed by atoms with E-state index in [0.717, 1.165) is 43.3 Å². The lowest BCUT2D eigenvalue weighted by atomic mass is 10.2. The molecule has 0 amide bonds. The van der Waals surface area contributed by atoms with Crippen LogP contribution in [0.5, 0.6) is 11.5 Å². The Labute approximate surface area is 208 Å². The number of hydrogen-bond donors (Lipinski definition) is 1. The lowest BCUT2D eigenvalue weighted by Crippen LogP contribution is -2.45. The maximum absolute atomic E-state index is 6.84. The first-order chi connectivity index (χ1) is 15.6. The van der Waals surface area contributed by atoms with Gasteiger partial charge in [0.2, 0.25) is 0 Å². The topological polar surface area (TPSA) is 72.9 Å². The van der Waals surface area contributed by atoms with Gasteiger partial charge in [-0.1, -0.05) is 46.8 Å². The van der Waals surface area contributed by atoms with Crippen molar-refractivity contribution in [2.45, 2.75) is 77.8 Å². The van der Waals surface area contributed by atoms with E-state index >= 15 is 0 Å². The zero-order valence-corrected chi connectivity index (χ0v) is 24.8. The molecule has 0 atom stereocenters. The highest BCUT2D eigenvalue weighted by Crippen LogP contribution is 2.45. The van der Waals surface area contributed by atoms with Gasteiger partial charge in [-0.25, -0.2) is 4.98 Å². The number of fused-ring (bicyclic) bond motifs is 3. The number of rotatable bonds is 5. The summed E-state index contributed by atoms with van der Waals surface area (Å²) in [5, 5.41) is 12.2. The molecule has 0 saturated heterocycles. The lowest BCUT2D eigenvalue weighted by molar-refractivity contribution is 0.441. The van der Waals surface area contributed by atoms with Crippen LogP contribution in [0.4, 0.5) is 0 Å². The van der Waals surface area contributed by atoms with Gasteiger partial charge in [0.25, 0.3) is 16.6 Å². The predicted molar refractivity (Wildman–Crippen MR) is 148 cm³/mol. The molecule has 34 heavy (non-hydrogen) atoms. The maximum atomic E-state index is 6.84. The molecule has 2 aromatic carbocycles. The number of nitrogens with zero attached hydrogens (tertiary/aromatic N) is 3. The molecule has 0 unspecified atom stereocenters. The Morgan fingerprint density at radius 1 is 0.794 bits per heavy atom. The van der Waals surface area contributed by atoms with Gasteiger partial charge < -0.3 is 8.85 Å². The van der Waals surface area contributed by atoms with Gasteiger partial charge in [-0.05, 0) is 66.6 Å². The Bertz CT molecular complexity index is 1350. The monoisotopic (exact) mass is 512 g/mol. The molecule has 0 bridgehead atoms. The molecule has 2 aromatic heterocycles. The highest BCUT2D eigenvalue weighted by molar-refractivity contribution is 7.22. The van der Waals surface area contributed by atoms with Crippen molar-refractivity contribution in [2.75, 3.05) is 0 Å². The van der Waals surface area contributed by atoms with Crippen molar-refractivity contribution < 1.29 is 8.85 Å². The van der Waals surface area contributed by atoms with Crippen LogP contribution in [0, 0.1) is 0 Å². The molecule has 182 valence electrons. The summed E-state index contributed by atoms with van der Waals surface area (Å²) in [4.78, 5) is 4.91. The van der Waals surface area contributed by atoms with Gasteiger partial charge in [-0.15, -0.1) is 16.4 Å². The van der Waals surface area contributed by atoms with Gasteiger partial charge in [-0.3, -0.25) is 5.10 Å². The van der Waals surface area contributed by atoms with E-state index in [1.54, 1.807) is 11.3 Å². The summed E-state index contributed by atoms with van der Waals surface area (Å²) in [6.07, 6.45) is 0. The van der Waals surface area contributed by atoms with Crippen LogP contribution in [-0.4, -0.2) is 37.0 Å². The molecule has 4 aromatic rings. The summed E-state index contributed by atoms with van der Waals surface area (Å²) in [6, 6.07) is 10.2. The third-order valence-corrected chi connectivity index (χ3v) is 17.2. The highest BCUT2D eigenvalue weighted by atomic mass is 32.1. The zero-order valence-electron chi connectivity index (χ0n) is 22.0. The van der Waals surface area contributed by atoms with Crippen molar-refractivity contribution in [3.8, 4) is 22.1 Å². The minimum absolute atomic E-state index is 0.0757. The van der Waals surface area contributed by atoms with Crippen molar-refractivity contribution in [3.05, 3.63) is 30.3 Å². The van der Waals surface area contributed by atoms with Gasteiger partial charge in [0.15, 0.2) is 0 Å². The first-order valence-corrected chi connectivity index (χ1v) is 18.4. The largest absolute Gasteiger partial charge is 0.541 e. The summed E-state index contributed by atoms with van der Waals surface area (Å²) in [5.41, 5.74) is 3.74. The molecule has 1 N–H and O–H groups in total. The third-order valence-electron chi connectivity index (χ3n) is 7.39. The van der Waals surface area contributed by atoms with Crippen molar-refractivity contribution >= 4 is 49.2 Å². The summed E-state index contributed by atoms with van der Waals surface area (Å²) in [7, 11) is -4.12. The number of aromatic nitrogens is 4. The van der Waals surface area contributed by atoms with Crippen LogP contribution in [0.1, 0.15) is 41.5 Å². The Morgan fingerprint density at radius 2 is 1.38 bits per heavy atom. The first kappa shape index (κ1) is 24.9. The summed E-state index contributed by atoms with van der Waals surface area (Å²) >= 11 is 1.64. The van der Waals surface area contributed by atoms with Crippen LogP contribution in [0.3, 0.4) is 0 Å². The number of benzene rings is 2. The molecule has 6 nitrogen and oxygen atoms in total. The number of hydrogen-bond acceptors (Lipinski definition) is 6. The Hall–Kier alpha value is -2.24. The Kier molecular flexibility index (Phi) is 5.98. The average molecular weight is 513 g/mol. The summed E-state index contributed by atoms with van der Waals surface area (Å²) < 4.78 is 14.6. The normalized spacial score (nSPS) is 13.6. The molecule has 0 aliphatic rings. The SMILES string of the molecule is CC(C)(C)[Si](C)(C)Oc1ccc(-c2nc3ccc4nn[nH]c4c3s2)cc1O[Si](C)(C)C(C)(C)C. The van der Waals surface area contributed by atoms with Crippen molar-refractivity contribution in [2.24, 2.45) is 0 Å². The molecule has 0 aliphatic heterocycles. The van der Waals surface area contributed by atoms with E-state index in [9.17, 15) is 0 Å². The second kappa shape index (κ2) is 8.17. The van der Waals surface area contributed by atoms with Gasteiger partial charge in [0.05, 0.1) is 10.2 Å². The van der Waals surface area contributed by atoms with Gasteiger partial charge in [0, 0.05) is 5.56 Å². The fraction of sp³-hybridized carbons (Fsp3) is 0.480. The van der Waals surface area contributed by atoms with Gasteiger partial charge >= 0.3 is 0 Å². The number of H-pyrrole nitrogens is 1. The van der Waals surface area contributed by atoms with Crippen molar-refractivity contribution in [3.63, 3.8) is 0 Å². The minimum atomic E-state index is -2.08. The first-order valence-electron chi connectivity index (χ1n) is 11.7. The molecule has 0 aliphatic carbocycles. The van der Waals surface area contributed by atoms with Crippen molar-refractivity contribution in [1.82, 2.24) is 20.4 Å². The molecule has 4 rings (SSSR count). The predicted octanol–water partition coefficient (Wildman–Crippen LogP) is 8.00. The number of nitrogens with one attached hydrogen (secondary N) is 1. The lowest BCUT2D eigenvalue weighted by Gasteiger charge is -2.39. The fourth-order valence-corrected chi connectivity index (χ4v) is 6.18. The second-order valence-corrected chi connectivity index (χ2v) is 22.5. The van der Waals surface area contributed by atoms with E-state index in [4.69, 9.17) is 13.8 Å². The molecule has 2 heterocycles. The van der Waals surface area contributed by atoms with Crippen LogP contribution in [0.15, 0.2) is 30.3 Å². The zero-order chi connectivity index (χ0) is 25.1. The maximum Gasteiger partial charge on any atom is 0.250 e. The average Bonchev–Trinajstić information content (AvgIpc) is 3.33. The molecule has 0 fully saturated rings. The van der Waals surface area contributed by atoms with E-state index in [0.29, 0.717) is 0 Å². The Morgan fingerprint density at radius 3 is 2.00 bits per heavy atom. The van der Waals surface area contributed by atoms with Gasteiger partial charge in [0.1, 0.15) is 27.5 Å². The summed E-state index contributed by atoms with van der Waals surface area (Å²) in [5.74, 6) is 1.66. The van der Waals surface area contributed by atoms with Crippen LogP contribution in [0.2, 0.25) is 36.3 Å². The molecular formula is C25H36N4O2SSi2. The van der Waals surface area contributed by atoms with Gasteiger partial charge in [-0.2, -0.15) is 0 Å². The number of aromatic amines is 1. The smallest absolute Gasteiger partial charge is 0.250 e. The second-order valence-electron chi connectivity index (χ2n) is 12.0. The van der Waals surface area contributed by atoms with E-state index < -0.39 is 16.6 Å².